The first-order valence-electron chi connectivity index (χ1n) is 0.752. The average molecular weight is 309 g/mol. The van der Waals surface area contributed by atoms with E-state index in [1.54, 1.807) is 0 Å². The van der Waals surface area contributed by atoms with Crippen molar-refractivity contribution in [3.05, 3.63) is 0 Å². The van der Waals surface area contributed by atoms with Crippen LogP contribution >= 0.6 is 0 Å². The monoisotopic (exact) mass is 309 g/mol. The number of nitrogens with two attached hydrogens (primary N) is 1. The van der Waals surface area contributed by atoms with Crippen LogP contribution < -0.4 is 5.14 Å². The molecule has 0 heterocycles. The van der Waals surface area contributed by atoms with Crippen molar-refractivity contribution in [3.63, 3.8) is 0 Å². The first kappa shape index (κ1) is 9.89. The van der Waals surface area contributed by atoms with Crippen LogP contribution in [0.25, 0.3) is 0 Å². The van der Waals surface area contributed by atoms with Gasteiger partial charge in [-0.2, -0.15) is 8.42 Å². The molecule has 0 saturated carbocycles. The van der Waals surface area contributed by atoms with Gasteiger partial charge in [0.2, 0.25) is 0 Å². The quantitative estimate of drug-likeness (QED) is 0.385. The summed E-state index contributed by atoms with van der Waals surface area (Å²) in [5.74, 6) is 0. The third kappa shape index (κ3) is 118. The molecule has 3 N–H and O–H groups in total. The predicted molar refractivity (Wildman–Crippen MR) is 25.7 cm³/mol. The Morgan fingerprint density at radius 1 is 1.50 bits per heavy atom. The third-order valence-electron chi connectivity index (χ3n) is 0. The predicted octanol–water partition coefficient (Wildman–Crippen LogP) is -2.44. The van der Waals surface area contributed by atoms with Crippen molar-refractivity contribution in [1.29, 1.82) is 0 Å². The van der Waals surface area contributed by atoms with Crippen LogP contribution in [0.1, 0.15) is 0 Å². The summed E-state index contributed by atoms with van der Waals surface area (Å²) >= 11 is 0. The Hall–Kier alpha value is 0.753. The van der Waals surface area contributed by atoms with E-state index in [-0.39, 0.29) is 26.2 Å². The van der Waals surface area contributed by atoms with Gasteiger partial charge >= 0.3 is 36.5 Å². The molecule has 0 aromatic rings. The van der Waals surface area contributed by atoms with E-state index < -0.39 is 10.3 Å². The zero-order valence-corrected chi connectivity index (χ0v) is 9.27. The van der Waals surface area contributed by atoms with E-state index in [9.17, 15) is 0 Å². The number of rotatable bonds is 0. The molecule has 0 aliphatic heterocycles. The van der Waals surface area contributed by atoms with E-state index in [0.29, 0.717) is 0 Å². The fourth-order valence-corrected chi connectivity index (χ4v) is 0. The molecule has 0 unspecified atom stereocenters. The van der Waals surface area contributed by atoms with Gasteiger partial charge in [-0.1, -0.05) is 0 Å². The molecule has 4 nitrogen and oxygen atoms in total. The summed E-state index contributed by atoms with van der Waals surface area (Å²) in [5.41, 5.74) is 0. The second kappa shape index (κ2) is 2.85. The standard InChI is InChI=1S/Bi.H3NO3S.3H/c;1-5(2,3)4;;;/h;(H3,1,2,3,4);;;. The maximum atomic E-state index is 8.97. The van der Waals surface area contributed by atoms with Gasteiger partial charge in [0.15, 0.2) is 0 Å². The molecule has 0 aromatic heterocycles. The molecule has 6 heavy (non-hydrogen) atoms. The van der Waals surface area contributed by atoms with Crippen molar-refractivity contribution < 1.29 is 13.0 Å². The Balaban J connectivity index is 0. The molecule has 0 aliphatic rings. The zero-order chi connectivity index (χ0) is 4.50. The SMILES string of the molecule is NS(=O)(=O)O.[BiH3]. The summed E-state index contributed by atoms with van der Waals surface area (Å²) in [6.07, 6.45) is 0. The second-order valence-corrected chi connectivity index (χ2v) is 1.54. The van der Waals surface area contributed by atoms with Gasteiger partial charge in [-0.15, -0.1) is 0 Å². The summed E-state index contributed by atoms with van der Waals surface area (Å²) in [4.78, 5) is 0. The summed E-state index contributed by atoms with van der Waals surface area (Å²) < 4.78 is 25.2. The first-order chi connectivity index (χ1) is 2.00. The van der Waals surface area contributed by atoms with Crippen molar-refractivity contribution >= 4 is 36.5 Å². The van der Waals surface area contributed by atoms with Gasteiger partial charge < -0.3 is 0 Å². The van der Waals surface area contributed by atoms with Gasteiger partial charge in [0.1, 0.15) is 0 Å². The van der Waals surface area contributed by atoms with Crippen LogP contribution in [-0.4, -0.2) is 39.2 Å². The average Bonchev–Trinajstić information content (AvgIpc) is 0.722. The summed E-state index contributed by atoms with van der Waals surface area (Å²) in [6, 6.07) is 0. The van der Waals surface area contributed by atoms with Crippen molar-refractivity contribution in [2.24, 2.45) is 5.14 Å². The van der Waals surface area contributed by atoms with Gasteiger partial charge in [-0.3, -0.25) is 4.55 Å². The zero-order valence-electron chi connectivity index (χ0n) is 2.96. The van der Waals surface area contributed by atoms with Gasteiger partial charge in [0.25, 0.3) is 0 Å². The van der Waals surface area contributed by atoms with Crippen LogP contribution in [-0.2, 0) is 10.3 Å². The van der Waals surface area contributed by atoms with Gasteiger partial charge in [0.05, 0.1) is 0 Å². The fourth-order valence-electron chi connectivity index (χ4n) is 0. The normalized spacial score (nSPS) is 9.67. The second-order valence-electron chi connectivity index (χ2n) is 0.515. The van der Waals surface area contributed by atoms with Crippen molar-refractivity contribution in [2.45, 2.75) is 0 Å². The molecule has 0 fully saturated rings. The van der Waals surface area contributed by atoms with Crippen molar-refractivity contribution in [3.8, 4) is 0 Å². The molecular weight excluding hydrogens is 303 g/mol. The van der Waals surface area contributed by atoms with Crippen LogP contribution in [0.3, 0.4) is 0 Å². The Morgan fingerprint density at radius 3 is 1.50 bits per heavy atom. The van der Waals surface area contributed by atoms with E-state index in [0.717, 1.165) is 0 Å². The third-order valence-corrected chi connectivity index (χ3v) is 0. The van der Waals surface area contributed by atoms with E-state index in [1.165, 1.54) is 0 Å². The minimum absolute atomic E-state index is 0. The van der Waals surface area contributed by atoms with Crippen molar-refractivity contribution in [1.82, 2.24) is 0 Å². The number of hydrogen-bond donors (Lipinski definition) is 2. The van der Waals surface area contributed by atoms with E-state index in [1.807, 2.05) is 0 Å². The Bertz CT molecular complexity index is 94.0. The van der Waals surface area contributed by atoms with Gasteiger partial charge in [-0.05, 0) is 0 Å². The summed E-state index contributed by atoms with van der Waals surface area (Å²) in [6.45, 7) is 0. The van der Waals surface area contributed by atoms with Crippen LogP contribution in [0.2, 0.25) is 0 Å². The molecule has 6 heteroatoms. The van der Waals surface area contributed by atoms with Gasteiger partial charge in [0, 0.05) is 0 Å². The maximum absolute atomic E-state index is 8.97. The van der Waals surface area contributed by atoms with Gasteiger partial charge in [-0.25, -0.2) is 5.14 Å². The Labute approximate surface area is 54.7 Å². The molecule has 0 saturated heterocycles. The molecular formula is H6BiNO3S. The van der Waals surface area contributed by atoms with E-state index in [2.05, 4.69) is 5.14 Å². The Kier molecular flexibility index (Phi) is 4.70. The van der Waals surface area contributed by atoms with Crippen molar-refractivity contribution in [2.75, 3.05) is 0 Å². The van der Waals surface area contributed by atoms with Crippen LogP contribution in [0.4, 0.5) is 0 Å². The molecule has 40 valence electrons. The molecule has 0 aromatic carbocycles. The summed E-state index contributed by atoms with van der Waals surface area (Å²) in [7, 11) is -4.17. The molecule has 0 bridgehead atoms. The molecule has 0 spiro atoms. The topological polar surface area (TPSA) is 80.4 Å². The first-order valence-corrected chi connectivity index (χ1v) is 2.25. The van der Waals surface area contributed by atoms with Crippen LogP contribution in [0.5, 0.6) is 0 Å². The molecule has 0 amide bonds. The Morgan fingerprint density at radius 2 is 1.50 bits per heavy atom. The molecule has 0 atom stereocenters. The number of hydrogen-bond acceptors (Lipinski definition) is 2. The summed E-state index contributed by atoms with van der Waals surface area (Å²) in [5, 5.41) is 3.88. The molecule has 0 aliphatic carbocycles. The minimum atomic E-state index is -4.17. The van der Waals surface area contributed by atoms with Crippen LogP contribution in [0.15, 0.2) is 0 Å². The molecule has 0 rings (SSSR count). The van der Waals surface area contributed by atoms with E-state index in [4.69, 9.17) is 13.0 Å². The van der Waals surface area contributed by atoms with E-state index >= 15 is 0 Å². The fraction of sp³-hybridized carbons (Fsp3) is 0. The van der Waals surface area contributed by atoms with Crippen LogP contribution in [0, 0.1) is 0 Å². The molecule has 0 radical (unpaired) electrons.